The van der Waals surface area contributed by atoms with E-state index in [9.17, 15) is 8.78 Å². The molecule has 0 aliphatic carbocycles. The van der Waals surface area contributed by atoms with Crippen LogP contribution in [0.1, 0.15) is 5.56 Å². The Morgan fingerprint density at radius 1 is 1.25 bits per heavy atom. The number of hydrogen-bond donors (Lipinski definition) is 2. The third-order valence-electron chi connectivity index (χ3n) is 1.52. The Bertz CT molecular complexity index is 236. The second kappa shape index (κ2) is 3.60. The van der Waals surface area contributed by atoms with Crippen molar-refractivity contribution in [2.24, 2.45) is 5.84 Å². The number of halogens is 2. The average Bonchev–Trinajstić information content (AvgIpc) is 2.06. The zero-order valence-electron chi connectivity index (χ0n) is 6.43. The normalized spacial score (nSPS) is 11.6. The first-order valence-corrected chi connectivity index (χ1v) is 3.53. The SMILES string of the molecule is NNCC(F)(F)c1ccccc1. The predicted molar refractivity (Wildman–Crippen MR) is 42.5 cm³/mol. The lowest BCUT2D eigenvalue weighted by Crippen LogP contribution is -2.34. The molecule has 0 radical (unpaired) electrons. The highest BCUT2D eigenvalue weighted by Crippen LogP contribution is 2.25. The van der Waals surface area contributed by atoms with Gasteiger partial charge in [0.05, 0.1) is 6.54 Å². The van der Waals surface area contributed by atoms with Crippen LogP contribution in [0, 0.1) is 0 Å². The van der Waals surface area contributed by atoms with Crippen molar-refractivity contribution in [3.8, 4) is 0 Å². The molecule has 3 N–H and O–H groups in total. The molecular formula is C8H10F2N2. The molecule has 0 unspecified atom stereocenters. The first kappa shape index (κ1) is 9.09. The molecule has 1 aromatic carbocycles. The number of hydrazine groups is 1. The van der Waals surface area contributed by atoms with Crippen molar-refractivity contribution in [2.45, 2.75) is 5.92 Å². The standard InChI is InChI=1S/C8H10F2N2/c9-8(10,6-12-11)7-4-2-1-3-5-7/h1-5,12H,6,11H2. The number of alkyl halides is 2. The van der Waals surface area contributed by atoms with Gasteiger partial charge in [-0.3, -0.25) is 11.3 Å². The van der Waals surface area contributed by atoms with E-state index in [-0.39, 0.29) is 5.56 Å². The van der Waals surface area contributed by atoms with E-state index in [1.54, 1.807) is 18.2 Å². The summed E-state index contributed by atoms with van der Waals surface area (Å²) in [7, 11) is 0. The molecule has 1 aromatic rings. The Balaban J connectivity index is 2.82. The topological polar surface area (TPSA) is 38.0 Å². The number of hydrogen-bond acceptors (Lipinski definition) is 2. The minimum Gasteiger partial charge on any atom is -0.271 e. The fourth-order valence-electron chi connectivity index (χ4n) is 0.912. The maximum atomic E-state index is 13.0. The third kappa shape index (κ3) is 1.99. The summed E-state index contributed by atoms with van der Waals surface area (Å²) in [6, 6.07) is 7.57. The predicted octanol–water partition coefficient (Wildman–Crippen LogP) is 1.24. The van der Waals surface area contributed by atoms with Crippen LogP contribution in [0.15, 0.2) is 30.3 Å². The molecule has 1 rings (SSSR count). The Morgan fingerprint density at radius 2 is 1.83 bits per heavy atom. The van der Waals surface area contributed by atoms with E-state index in [0.29, 0.717) is 0 Å². The van der Waals surface area contributed by atoms with Crippen LogP contribution in [0.3, 0.4) is 0 Å². The Hall–Kier alpha value is -1.00. The van der Waals surface area contributed by atoms with Gasteiger partial charge in [-0.15, -0.1) is 0 Å². The highest BCUT2D eigenvalue weighted by Gasteiger charge is 2.29. The van der Waals surface area contributed by atoms with Gasteiger partial charge in [-0.1, -0.05) is 30.3 Å². The molecule has 0 fully saturated rings. The van der Waals surface area contributed by atoms with Crippen LogP contribution in [0.25, 0.3) is 0 Å². The van der Waals surface area contributed by atoms with Crippen LogP contribution >= 0.6 is 0 Å². The van der Waals surface area contributed by atoms with E-state index < -0.39 is 12.5 Å². The molecule has 0 aliphatic rings. The zero-order chi connectivity index (χ0) is 9.03. The Morgan fingerprint density at radius 3 is 2.33 bits per heavy atom. The van der Waals surface area contributed by atoms with Gasteiger partial charge >= 0.3 is 0 Å². The van der Waals surface area contributed by atoms with Crippen LogP contribution in [-0.4, -0.2) is 6.54 Å². The summed E-state index contributed by atoms with van der Waals surface area (Å²) in [5.41, 5.74) is 1.93. The molecule has 0 amide bonds. The van der Waals surface area contributed by atoms with Gasteiger partial charge in [0, 0.05) is 5.56 Å². The smallest absolute Gasteiger partial charge is 0.271 e. The highest BCUT2D eigenvalue weighted by molar-refractivity contribution is 5.20. The molecule has 12 heavy (non-hydrogen) atoms. The monoisotopic (exact) mass is 172 g/mol. The van der Waals surface area contributed by atoms with Crippen molar-refractivity contribution in [3.05, 3.63) is 35.9 Å². The molecule has 0 spiro atoms. The van der Waals surface area contributed by atoms with Crippen molar-refractivity contribution in [2.75, 3.05) is 6.54 Å². The number of rotatable bonds is 3. The summed E-state index contributed by atoms with van der Waals surface area (Å²) >= 11 is 0. The van der Waals surface area contributed by atoms with E-state index >= 15 is 0 Å². The number of nitrogens with two attached hydrogens (primary N) is 1. The van der Waals surface area contributed by atoms with E-state index in [1.807, 2.05) is 5.43 Å². The Labute approximate surface area is 69.4 Å². The molecule has 0 saturated heterocycles. The van der Waals surface area contributed by atoms with Crippen molar-refractivity contribution < 1.29 is 8.78 Å². The van der Waals surface area contributed by atoms with Crippen molar-refractivity contribution >= 4 is 0 Å². The van der Waals surface area contributed by atoms with E-state index in [2.05, 4.69) is 0 Å². The van der Waals surface area contributed by atoms with E-state index in [1.165, 1.54) is 12.1 Å². The maximum absolute atomic E-state index is 13.0. The molecule has 0 saturated carbocycles. The van der Waals surface area contributed by atoms with E-state index in [4.69, 9.17) is 5.84 Å². The summed E-state index contributed by atoms with van der Waals surface area (Å²) in [4.78, 5) is 0. The molecule has 4 heteroatoms. The quantitative estimate of drug-likeness (QED) is 0.531. The van der Waals surface area contributed by atoms with Gasteiger partial charge in [0.2, 0.25) is 0 Å². The first-order valence-electron chi connectivity index (χ1n) is 3.53. The van der Waals surface area contributed by atoms with Crippen LogP contribution < -0.4 is 11.3 Å². The van der Waals surface area contributed by atoms with Crippen LogP contribution in [-0.2, 0) is 5.92 Å². The van der Waals surface area contributed by atoms with Gasteiger partial charge in [0.1, 0.15) is 0 Å². The van der Waals surface area contributed by atoms with Gasteiger partial charge in [-0.2, -0.15) is 8.78 Å². The minimum absolute atomic E-state index is 0.0250. The van der Waals surface area contributed by atoms with Crippen LogP contribution in [0.5, 0.6) is 0 Å². The fourth-order valence-corrected chi connectivity index (χ4v) is 0.912. The van der Waals surface area contributed by atoms with E-state index in [0.717, 1.165) is 0 Å². The van der Waals surface area contributed by atoms with Gasteiger partial charge in [-0.25, -0.2) is 0 Å². The first-order chi connectivity index (χ1) is 5.67. The number of benzene rings is 1. The fraction of sp³-hybridized carbons (Fsp3) is 0.250. The molecule has 0 heterocycles. The second-order valence-corrected chi connectivity index (χ2v) is 2.45. The van der Waals surface area contributed by atoms with Crippen molar-refractivity contribution in [1.29, 1.82) is 0 Å². The molecule has 0 aliphatic heterocycles. The molecule has 0 bridgehead atoms. The minimum atomic E-state index is -2.89. The van der Waals surface area contributed by atoms with Crippen molar-refractivity contribution in [1.82, 2.24) is 5.43 Å². The van der Waals surface area contributed by atoms with Gasteiger partial charge < -0.3 is 0 Å². The highest BCUT2D eigenvalue weighted by atomic mass is 19.3. The molecular weight excluding hydrogens is 162 g/mol. The third-order valence-corrected chi connectivity index (χ3v) is 1.52. The van der Waals surface area contributed by atoms with Gasteiger partial charge in [0.15, 0.2) is 0 Å². The van der Waals surface area contributed by atoms with Crippen LogP contribution in [0.4, 0.5) is 8.78 Å². The lowest BCUT2D eigenvalue weighted by atomic mass is 10.1. The summed E-state index contributed by atoms with van der Waals surface area (Å²) in [6.07, 6.45) is 0. The second-order valence-electron chi connectivity index (χ2n) is 2.45. The molecule has 2 nitrogen and oxygen atoms in total. The maximum Gasteiger partial charge on any atom is 0.286 e. The summed E-state index contributed by atoms with van der Waals surface area (Å²) in [6.45, 7) is -0.545. The van der Waals surface area contributed by atoms with Crippen molar-refractivity contribution in [3.63, 3.8) is 0 Å². The lowest BCUT2D eigenvalue weighted by Gasteiger charge is -2.15. The molecule has 0 aromatic heterocycles. The van der Waals surface area contributed by atoms with Gasteiger partial charge in [-0.05, 0) is 0 Å². The lowest BCUT2D eigenvalue weighted by molar-refractivity contribution is -0.00295. The zero-order valence-corrected chi connectivity index (χ0v) is 6.43. The number of nitrogens with one attached hydrogen (secondary N) is 1. The summed E-state index contributed by atoms with van der Waals surface area (Å²) in [5.74, 6) is 1.93. The van der Waals surface area contributed by atoms with Gasteiger partial charge in [0.25, 0.3) is 5.92 Å². The largest absolute Gasteiger partial charge is 0.286 e. The molecule has 0 atom stereocenters. The Kier molecular flexibility index (Phi) is 2.73. The molecule has 66 valence electrons. The van der Waals surface area contributed by atoms with Crippen LogP contribution in [0.2, 0.25) is 0 Å². The summed E-state index contributed by atoms with van der Waals surface area (Å²) < 4.78 is 26.0. The average molecular weight is 172 g/mol. The summed E-state index contributed by atoms with van der Waals surface area (Å²) in [5, 5.41) is 0.